The van der Waals surface area contributed by atoms with Gasteiger partial charge in [-0.05, 0) is 69.5 Å². The van der Waals surface area contributed by atoms with Crippen LogP contribution in [0, 0.1) is 5.92 Å². The average molecular weight is 515 g/mol. The molecule has 7 nitrogen and oxygen atoms in total. The van der Waals surface area contributed by atoms with Gasteiger partial charge in [0.15, 0.2) is 28.1 Å². The van der Waals surface area contributed by atoms with Crippen molar-refractivity contribution in [3.8, 4) is 17.2 Å². The molecule has 0 heterocycles. The van der Waals surface area contributed by atoms with Crippen LogP contribution in [0.2, 0.25) is 45.3 Å². The first-order valence-corrected chi connectivity index (χ1v) is 19.6. The van der Waals surface area contributed by atoms with Crippen LogP contribution in [0.25, 0.3) is 6.08 Å². The minimum Gasteiger partial charge on any atom is -0.493 e. The molecule has 10 heteroatoms. The van der Waals surface area contributed by atoms with Gasteiger partial charge in [-0.15, -0.1) is 0 Å². The monoisotopic (exact) mass is 514 g/mol. The smallest absolute Gasteiger partial charge is 0.330 e. The van der Waals surface area contributed by atoms with Gasteiger partial charge in [-0.25, -0.2) is 4.79 Å². The first kappa shape index (κ1) is 29.4. The molecule has 0 N–H and O–H groups in total. The summed E-state index contributed by atoms with van der Waals surface area (Å²) in [6, 6.07) is 4.57. The van der Waals surface area contributed by atoms with Crippen molar-refractivity contribution in [2.45, 2.75) is 58.0 Å². The Morgan fingerprint density at radius 2 is 1.45 bits per heavy atom. The highest BCUT2D eigenvalue weighted by Gasteiger charge is 2.32. The Bertz CT molecular complexity index is 744. The van der Waals surface area contributed by atoms with Crippen LogP contribution in [0.1, 0.15) is 12.0 Å². The fraction of sp³-hybridized carbons (Fsp3) is 0.609. The molecule has 188 valence electrons. The molecule has 0 saturated heterocycles. The molecule has 1 aromatic carbocycles. The molecule has 1 unspecified atom stereocenters. The Labute approximate surface area is 204 Å². The summed E-state index contributed by atoms with van der Waals surface area (Å²) in [6.45, 7) is 13.4. The van der Waals surface area contributed by atoms with Crippen LogP contribution < -0.4 is 14.2 Å². The summed E-state index contributed by atoms with van der Waals surface area (Å²) in [5, 5.41) is 0. The van der Waals surface area contributed by atoms with Crippen LogP contribution in [-0.4, -0.2) is 67.1 Å². The Morgan fingerprint density at radius 3 is 1.85 bits per heavy atom. The van der Waals surface area contributed by atoms with Crippen LogP contribution in [0.15, 0.2) is 18.2 Å². The molecule has 0 aliphatic carbocycles. The highest BCUT2D eigenvalue weighted by Crippen LogP contribution is 2.38. The first-order valence-electron chi connectivity index (χ1n) is 11.3. The third kappa shape index (κ3) is 10.9. The molecule has 0 amide bonds. The highest BCUT2D eigenvalue weighted by molar-refractivity contribution is 6.70. The van der Waals surface area contributed by atoms with E-state index >= 15 is 0 Å². The van der Waals surface area contributed by atoms with Gasteiger partial charge < -0.3 is 27.8 Å². The van der Waals surface area contributed by atoms with E-state index in [1.807, 2.05) is 0 Å². The summed E-state index contributed by atoms with van der Waals surface area (Å²) < 4.78 is 34.3. The molecule has 0 saturated carbocycles. The molecule has 1 rings (SSSR count). The van der Waals surface area contributed by atoms with Crippen molar-refractivity contribution in [3.63, 3.8) is 0 Å². The lowest BCUT2D eigenvalue weighted by Gasteiger charge is -2.36. The van der Waals surface area contributed by atoms with Gasteiger partial charge in [0.05, 0.1) is 27.9 Å². The van der Waals surface area contributed by atoms with Gasteiger partial charge in [0.2, 0.25) is 5.75 Å². The summed E-state index contributed by atoms with van der Waals surface area (Å²) in [5.41, 5.74) is 0.742. The standard InChI is InChI=1S/C23H42O7Si3/c1-25-19-14-17(15-20(26-2)22(19)27-3)10-11-21(24)28-13-12-18(16-31)23(29-32(4,5)6)30-33(7,8)9/h10-11,14-15,18,23H,12-13,16H2,1-9,31H3/b11-10+. The zero-order chi connectivity index (χ0) is 25.2. The number of benzene rings is 1. The third-order valence-electron chi connectivity index (χ3n) is 4.68. The molecule has 0 aliphatic rings. The first-order chi connectivity index (χ1) is 15.3. The van der Waals surface area contributed by atoms with Gasteiger partial charge in [0.1, 0.15) is 6.29 Å². The summed E-state index contributed by atoms with van der Waals surface area (Å²) in [5.74, 6) is 1.38. The van der Waals surface area contributed by atoms with Gasteiger partial charge >= 0.3 is 5.97 Å². The molecular formula is C23H42O7Si3. The van der Waals surface area contributed by atoms with E-state index in [0.717, 1.165) is 21.9 Å². The second kappa shape index (κ2) is 13.3. The van der Waals surface area contributed by atoms with Gasteiger partial charge in [-0.3, -0.25) is 0 Å². The topological polar surface area (TPSA) is 72.5 Å². The minimum atomic E-state index is -1.77. The lowest BCUT2D eigenvalue weighted by molar-refractivity contribution is -0.139. The van der Waals surface area contributed by atoms with Gasteiger partial charge in [-0.2, -0.15) is 0 Å². The van der Waals surface area contributed by atoms with Gasteiger partial charge in [-0.1, -0.05) is 6.04 Å². The number of carbonyl (C=O) groups excluding carboxylic acids is 1. The quantitative estimate of drug-likeness (QED) is 0.160. The Balaban J connectivity index is 2.78. The second-order valence-electron chi connectivity index (χ2n) is 9.75. The second-order valence-corrected chi connectivity index (χ2v) is 19.5. The summed E-state index contributed by atoms with van der Waals surface area (Å²) >= 11 is 0. The van der Waals surface area contributed by atoms with Crippen LogP contribution in [0.4, 0.5) is 0 Å². The van der Waals surface area contributed by atoms with Crippen LogP contribution >= 0.6 is 0 Å². The van der Waals surface area contributed by atoms with Crippen LogP contribution in [0.5, 0.6) is 17.2 Å². The average Bonchev–Trinajstić information content (AvgIpc) is 2.71. The van der Waals surface area contributed by atoms with Gasteiger partial charge in [0.25, 0.3) is 0 Å². The maximum Gasteiger partial charge on any atom is 0.330 e. The molecule has 1 aromatic rings. The van der Waals surface area contributed by atoms with Crippen molar-refractivity contribution in [3.05, 3.63) is 23.8 Å². The van der Waals surface area contributed by atoms with Crippen molar-refractivity contribution >= 4 is 38.9 Å². The molecule has 0 aromatic heterocycles. The SMILES string of the molecule is COc1cc(/C=C/C(=O)OCCC(C[SiH3])C(O[Si](C)(C)C)O[Si](C)(C)C)cc(OC)c1OC. The Morgan fingerprint density at radius 1 is 0.939 bits per heavy atom. The number of methoxy groups -OCH3 is 3. The highest BCUT2D eigenvalue weighted by atomic mass is 28.4. The molecule has 0 bridgehead atoms. The van der Waals surface area contributed by atoms with E-state index in [1.54, 1.807) is 39.5 Å². The molecule has 0 spiro atoms. The summed E-state index contributed by atoms with van der Waals surface area (Å²) in [4.78, 5) is 12.3. The molecular weight excluding hydrogens is 473 g/mol. The zero-order valence-corrected chi connectivity index (χ0v) is 25.9. The Hall–Kier alpha value is -1.60. The number of hydrogen-bond donors (Lipinski definition) is 0. The van der Waals surface area contributed by atoms with E-state index in [-0.39, 0.29) is 12.2 Å². The predicted octanol–water partition coefficient (Wildman–Crippen LogP) is 4.09. The third-order valence-corrected chi connectivity index (χ3v) is 7.61. The minimum absolute atomic E-state index is 0.224. The normalized spacial score (nSPS) is 13.4. The number of ether oxygens (including phenoxy) is 4. The van der Waals surface area contributed by atoms with E-state index in [1.165, 1.54) is 6.08 Å². The number of carbonyl (C=O) groups is 1. The van der Waals surface area contributed by atoms with Crippen molar-refractivity contribution in [2.75, 3.05) is 27.9 Å². The van der Waals surface area contributed by atoms with Crippen molar-refractivity contribution in [1.82, 2.24) is 0 Å². The van der Waals surface area contributed by atoms with Gasteiger partial charge in [0, 0.05) is 22.2 Å². The largest absolute Gasteiger partial charge is 0.493 e. The van der Waals surface area contributed by atoms with E-state index < -0.39 is 22.6 Å². The fourth-order valence-corrected chi connectivity index (χ4v) is 5.93. The van der Waals surface area contributed by atoms with Crippen molar-refractivity contribution in [2.24, 2.45) is 5.92 Å². The van der Waals surface area contributed by atoms with E-state index in [2.05, 4.69) is 39.3 Å². The van der Waals surface area contributed by atoms with E-state index in [9.17, 15) is 4.79 Å². The fourth-order valence-electron chi connectivity index (χ4n) is 3.17. The number of hydrogen-bond acceptors (Lipinski definition) is 7. The van der Waals surface area contributed by atoms with Crippen LogP contribution in [-0.2, 0) is 18.4 Å². The molecule has 0 aliphatic heterocycles. The maximum absolute atomic E-state index is 12.3. The van der Waals surface area contributed by atoms with E-state index in [0.29, 0.717) is 30.3 Å². The van der Waals surface area contributed by atoms with Crippen molar-refractivity contribution < 1.29 is 32.6 Å². The lowest BCUT2D eigenvalue weighted by atomic mass is 10.1. The van der Waals surface area contributed by atoms with Crippen LogP contribution in [0.3, 0.4) is 0 Å². The molecule has 0 fully saturated rings. The summed E-state index contributed by atoms with van der Waals surface area (Å²) in [7, 11) is 2.15. The van der Waals surface area contributed by atoms with Crippen molar-refractivity contribution in [1.29, 1.82) is 0 Å². The molecule has 33 heavy (non-hydrogen) atoms. The maximum atomic E-state index is 12.3. The lowest BCUT2D eigenvalue weighted by Crippen LogP contribution is -2.44. The molecule has 0 radical (unpaired) electrons. The number of rotatable bonds is 14. The number of esters is 1. The molecule has 1 atom stereocenters. The van der Waals surface area contributed by atoms with E-state index in [4.69, 9.17) is 27.8 Å². The summed E-state index contributed by atoms with van der Waals surface area (Å²) in [6.07, 6.45) is 3.56. The zero-order valence-electron chi connectivity index (χ0n) is 21.9. The predicted molar refractivity (Wildman–Crippen MR) is 142 cm³/mol. The Kier molecular flexibility index (Phi) is 11.9.